The summed E-state index contributed by atoms with van der Waals surface area (Å²) in [7, 11) is -9.82. The Bertz CT molecular complexity index is 2320. The normalized spacial score (nSPS) is 15.1. The van der Waals surface area contributed by atoms with E-state index in [-0.39, 0.29) is 19.3 Å². The highest BCUT2D eigenvalue weighted by Gasteiger charge is 2.29. The smallest absolute Gasteiger partial charge is 0.463 e. The van der Waals surface area contributed by atoms with E-state index in [2.05, 4.69) is 179 Å². The molecular weight excluding hydrogens is 1220 g/mol. The first-order chi connectivity index (χ1) is 45.2. The highest BCUT2D eigenvalue weighted by atomic mass is 31.2. The minimum Gasteiger partial charge on any atom is -0.463 e. The van der Waals surface area contributed by atoms with Crippen LogP contribution in [0.15, 0.2) is 158 Å². The Balaban J connectivity index is 4.82. The van der Waals surface area contributed by atoms with E-state index in [1.54, 1.807) is 0 Å². The molecule has 0 saturated carbocycles. The molecule has 4 N–H and O–H groups in total. The molecule has 0 aromatic heterocycles. The Kier molecular flexibility index (Phi) is 63.7. The number of unbranched alkanes of at least 4 members (excludes halogenated alkanes) is 15. The molecule has 0 aliphatic carbocycles. The number of allylic oxidation sites excluding steroid dienone is 26. The maximum atomic E-state index is 13.0. The van der Waals surface area contributed by atoms with Crippen LogP contribution in [0.4, 0.5) is 0 Å². The molecule has 0 rings (SSSR count). The molecule has 528 valence electrons. The van der Waals surface area contributed by atoms with Gasteiger partial charge in [-0.15, -0.1) is 0 Å². The molecule has 0 aromatic carbocycles. The number of hydrogen-bond acceptors (Lipinski definition) is 14. The van der Waals surface area contributed by atoms with Crippen LogP contribution in [0.2, 0.25) is 0 Å². The largest absolute Gasteiger partial charge is 0.472 e. The maximum Gasteiger partial charge on any atom is 0.472 e. The van der Waals surface area contributed by atoms with E-state index in [0.717, 1.165) is 161 Å². The van der Waals surface area contributed by atoms with Gasteiger partial charge in [0, 0.05) is 19.3 Å². The zero-order valence-corrected chi connectivity index (χ0v) is 58.9. The lowest BCUT2D eigenvalue weighted by Gasteiger charge is -2.21. The van der Waals surface area contributed by atoms with Gasteiger partial charge in [0.05, 0.1) is 26.4 Å². The summed E-state index contributed by atoms with van der Waals surface area (Å²) in [5.74, 6) is -1.67. The van der Waals surface area contributed by atoms with E-state index < -0.39 is 91.5 Å². The topological polar surface area (TPSA) is 231 Å². The molecule has 0 saturated heterocycles. The minimum atomic E-state index is -4.95. The van der Waals surface area contributed by atoms with Crippen molar-refractivity contribution in [3.63, 3.8) is 0 Å². The van der Waals surface area contributed by atoms with E-state index in [9.17, 15) is 43.5 Å². The molecule has 5 atom stereocenters. The van der Waals surface area contributed by atoms with Gasteiger partial charge in [0.15, 0.2) is 6.10 Å². The zero-order valence-electron chi connectivity index (χ0n) is 57.1. The molecule has 0 amide bonds. The van der Waals surface area contributed by atoms with Crippen LogP contribution in [-0.2, 0) is 55.8 Å². The Morgan fingerprint density at radius 3 is 0.914 bits per heavy atom. The van der Waals surface area contributed by atoms with Gasteiger partial charge >= 0.3 is 33.6 Å². The van der Waals surface area contributed by atoms with Crippen molar-refractivity contribution in [2.45, 2.75) is 257 Å². The summed E-state index contributed by atoms with van der Waals surface area (Å²) in [6.45, 7) is 2.29. The van der Waals surface area contributed by atoms with Crippen LogP contribution in [0.5, 0.6) is 0 Å². The van der Waals surface area contributed by atoms with E-state index in [1.165, 1.54) is 19.3 Å². The highest BCUT2D eigenvalue weighted by Crippen LogP contribution is 2.45. The number of hydrogen-bond donors (Lipinski definition) is 4. The highest BCUT2D eigenvalue weighted by molar-refractivity contribution is 7.47. The first-order valence-electron chi connectivity index (χ1n) is 34.8. The lowest BCUT2D eigenvalue weighted by atomic mass is 10.1. The van der Waals surface area contributed by atoms with Crippen molar-refractivity contribution >= 4 is 33.6 Å². The summed E-state index contributed by atoms with van der Waals surface area (Å²) in [6.07, 6.45) is 81.4. The molecule has 18 heteroatoms. The molecule has 93 heavy (non-hydrogen) atoms. The second-order valence-corrected chi connectivity index (χ2v) is 25.5. The monoisotopic (exact) mass is 1340 g/mol. The molecule has 16 nitrogen and oxygen atoms in total. The van der Waals surface area contributed by atoms with E-state index in [0.29, 0.717) is 19.3 Å². The fraction of sp³-hybridized carbons (Fsp3) is 0.613. The van der Waals surface area contributed by atoms with Gasteiger partial charge in [0.1, 0.15) is 25.4 Å². The third-order valence-electron chi connectivity index (χ3n) is 13.7. The third-order valence-corrected chi connectivity index (χ3v) is 15.6. The number of ether oxygens (including phenoxy) is 3. The van der Waals surface area contributed by atoms with Crippen molar-refractivity contribution in [3.8, 4) is 0 Å². The maximum absolute atomic E-state index is 13.0. The summed E-state index contributed by atoms with van der Waals surface area (Å²) in [5.41, 5.74) is 0. The van der Waals surface area contributed by atoms with Gasteiger partial charge in [-0.05, 0) is 148 Å². The van der Waals surface area contributed by atoms with Gasteiger partial charge in [0.25, 0.3) is 0 Å². The molecule has 0 spiro atoms. The second-order valence-electron chi connectivity index (χ2n) is 22.6. The third kappa shape index (κ3) is 68.4. The van der Waals surface area contributed by atoms with Gasteiger partial charge in [-0.25, -0.2) is 9.13 Å². The average Bonchev–Trinajstić information content (AvgIpc) is 3.57. The fourth-order valence-corrected chi connectivity index (χ4v) is 10.0. The van der Waals surface area contributed by atoms with Gasteiger partial charge in [-0.2, -0.15) is 0 Å². The van der Waals surface area contributed by atoms with Crippen LogP contribution >= 0.6 is 15.6 Å². The first-order valence-corrected chi connectivity index (χ1v) is 37.8. The van der Waals surface area contributed by atoms with Crippen molar-refractivity contribution < 1.29 is 75.8 Å². The Morgan fingerprint density at radius 1 is 0.312 bits per heavy atom. The first kappa shape index (κ1) is 88.2. The number of esters is 3. The number of phosphoric acid groups is 2. The number of rotatable bonds is 64. The Labute approximate surface area is 561 Å². The van der Waals surface area contributed by atoms with Crippen molar-refractivity contribution in [3.05, 3.63) is 158 Å². The molecular formula is C75H122O16P2. The van der Waals surface area contributed by atoms with Crippen LogP contribution < -0.4 is 0 Å². The summed E-state index contributed by atoms with van der Waals surface area (Å²) < 4.78 is 60.9. The van der Waals surface area contributed by atoms with Gasteiger partial charge in [-0.1, -0.05) is 230 Å². The molecule has 5 unspecified atom stereocenters. The van der Waals surface area contributed by atoms with E-state index in [1.807, 2.05) is 0 Å². The average molecular weight is 1340 g/mol. The summed E-state index contributed by atoms with van der Waals surface area (Å²) in [6, 6.07) is 0. The summed E-state index contributed by atoms with van der Waals surface area (Å²) >= 11 is 0. The van der Waals surface area contributed by atoms with Crippen LogP contribution in [0.25, 0.3) is 0 Å². The van der Waals surface area contributed by atoms with Crippen molar-refractivity contribution in [1.82, 2.24) is 0 Å². The lowest BCUT2D eigenvalue weighted by Crippen LogP contribution is -2.30. The summed E-state index contributed by atoms with van der Waals surface area (Å²) in [4.78, 5) is 58.5. The molecule has 0 aliphatic rings. The fourth-order valence-electron chi connectivity index (χ4n) is 8.45. The molecule has 0 radical (unpaired) electrons. The molecule has 0 aromatic rings. The standard InChI is InChI=1S/C75H122O16P2/c1-4-7-10-13-16-19-22-25-28-31-34-37-40-43-46-49-52-55-58-61-73(78)85-64-70(76)65-87-92(81,82)88-66-71(77)67-89-93(83,84)90-69-72(91-75(80)63-60-57-54-51-48-45-42-39-36-33-30-27-24-21-18-15-12-9-6-3)68-86-74(79)62-59-56-53-50-47-44-41-38-35-32-29-26-23-20-17-14-11-8-5-2/h7-8,10-11,16-21,25-30,34-39,43-44,46-47,70-72,76-77H,4-6,9,12-15,22-24,31-33,40-42,45,48-69H2,1-3H3,(H,81,82)(H,83,84)/b10-7-,11-8-,19-16-,20-17-,21-18-,28-25-,29-26-,30-27-,37-34-,38-35-,39-36-,46-43-,47-44-. The number of carbonyl (C=O) groups excluding carboxylic acids is 3. The van der Waals surface area contributed by atoms with Crippen LogP contribution in [-0.4, -0.2) is 95.9 Å². The van der Waals surface area contributed by atoms with Gasteiger partial charge in [0.2, 0.25) is 0 Å². The van der Waals surface area contributed by atoms with Crippen molar-refractivity contribution in [1.29, 1.82) is 0 Å². The zero-order chi connectivity index (χ0) is 68.1. The molecule has 0 heterocycles. The number of carbonyl (C=O) groups is 3. The Hall–Kier alpha value is -4.83. The molecule has 0 bridgehead atoms. The summed E-state index contributed by atoms with van der Waals surface area (Å²) in [5, 5.41) is 20.6. The number of phosphoric ester groups is 2. The van der Waals surface area contributed by atoms with Crippen molar-refractivity contribution in [2.24, 2.45) is 0 Å². The van der Waals surface area contributed by atoms with Crippen LogP contribution in [0, 0.1) is 0 Å². The SMILES string of the molecule is CC/C=C\C/C=C\C/C=C\C/C=C\C/C=C\CCCCCC(=O)OCC(O)COP(=O)(O)OCC(O)COP(=O)(O)OCC(COC(=O)CCCCC/C=C\C/C=C\C/C=C\C/C=C\C/C=C\CC)OC(=O)CCCCCCCC/C=C\C/C=C\C/C=C\CCCCC. The van der Waals surface area contributed by atoms with Gasteiger partial charge in [-0.3, -0.25) is 32.5 Å². The second kappa shape index (κ2) is 67.2. The predicted octanol–water partition coefficient (Wildman–Crippen LogP) is 19.5. The Morgan fingerprint density at radius 2 is 0.570 bits per heavy atom. The number of aliphatic hydroxyl groups excluding tert-OH is 2. The van der Waals surface area contributed by atoms with Crippen molar-refractivity contribution in [2.75, 3.05) is 39.6 Å². The quantitative estimate of drug-likeness (QED) is 0.0146. The minimum absolute atomic E-state index is 0.0753. The number of aliphatic hydroxyl groups is 2. The predicted molar refractivity (Wildman–Crippen MR) is 380 cm³/mol. The molecule has 0 fully saturated rings. The van der Waals surface area contributed by atoms with Crippen LogP contribution in [0.1, 0.15) is 239 Å². The van der Waals surface area contributed by atoms with E-state index >= 15 is 0 Å². The lowest BCUT2D eigenvalue weighted by molar-refractivity contribution is -0.161. The molecule has 0 aliphatic heterocycles. The van der Waals surface area contributed by atoms with Crippen LogP contribution in [0.3, 0.4) is 0 Å². The van der Waals surface area contributed by atoms with E-state index in [4.69, 9.17) is 32.3 Å². The van der Waals surface area contributed by atoms with Gasteiger partial charge < -0.3 is 34.2 Å².